The quantitative estimate of drug-likeness (QED) is 0.843. The van der Waals surface area contributed by atoms with Crippen LogP contribution in [0.2, 0.25) is 0 Å². The van der Waals surface area contributed by atoms with Gasteiger partial charge in [0.1, 0.15) is 18.0 Å². The number of hydrogen-bond donors (Lipinski definition) is 2. The SMILES string of the molecule is COc1cc2c(cc1O)C1c3ccccc3OCC1(O)C2. The highest BCUT2D eigenvalue weighted by Gasteiger charge is 2.50. The monoisotopic (exact) mass is 284 g/mol. The third-order valence-corrected chi connectivity index (χ3v) is 4.49. The zero-order valence-corrected chi connectivity index (χ0v) is 11.7. The van der Waals surface area contributed by atoms with Crippen molar-refractivity contribution < 1.29 is 19.7 Å². The number of aliphatic hydroxyl groups is 1. The largest absolute Gasteiger partial charge is 0.504 e. The van der Waals surface area contributed by atoms with Crippen molar-refractivity contribution in [2.75, 3.05) is 13.7 Å². The highest BCUT2D eigenvalue weighted by Crippen LogP contribution is 2.52. The minimum atomic E-state index is -0.963. The summed E-state index contributed by atoms with van der Waals surface area (Å²) in [5, 5.41) is 21.0. The van der Waals surface area contributed by atoms with Crippen LogP contribution >= 0.6 is 0 Å². The highest BCUT2D eigenvalue weighted by molar-refractivity contribution is 5.58. The number of fused-ring (bicyclic) bond motifs is 5. The van der Waals surface area contributed by atoms with E-state index in [1.165, 1.54) is 7.11 Å². The minimum absolute atomic E-state index is 0.101. The summed E-state index contributed by atoms with van der Waals surface area (Å²) in [5.74, 6) is 1.17. The molecule has 0 spiro atoms. The Morgan fingerprint density at radius 3 is 2.86 bits per heavy atom. The Balaban J connectivity index is 1.93. The third-order valence-electron chi connectivity index (χ3n) is 4.49. The zero-order chi connectivity index (χ0) is 14.6. The molecule has 2 atom stereocenters. The van der Waals surface area contributed by atoms with E-state index in [-0.39, 0.29) is 18.3 Å². The molecule has 4 heteroatoms. The van der Waals surface area contributed by atoms with Crippen LogP contribution in [-0.4, -0.2) is 29.5 Å². The second kappa shape index (κ2) is 4.15. The van der Waals surface area contributed by atoms with Crippen LogP contribution in [0.5, 0.6) is 17.2 Å². The Morgan fingerprint density at radius 1 is 1.24 bits per heavy atom. The molecule has 0 aromatic heterocycles. The van der Waals surface area contributed by atoms with Crippen LogP contribution in [0.4, 0.5) is 0 Å². The zero-order valence-electron chi connectivity index (χ0n) is 11.7. The van der Waals surface area contributed by atoms with Gasteiger partial charge >= 0.3 is 0 Å². The van der Waals surface area contributed by atoms with Gasteiger partial charge in [-0.1, -0.05) is 18.2 Å². The number of methoxy groups -OCH3 is 1. The summed E-state index contributed by atoms with van der Waals surface area (Å²) in [6, 6.07) is 11.3. The normalized spacial score (nSPS) is 25.5. The van der Waals surface area contributed by atoms with Crippen molar-refractivity contribution in [3.63, 3.8) is 0 Å². The maximum Gasteiger partial charge on any atom is 0.160 e. The molecule has 2 aromatic rings. The fourth-order valence-corrected chi connectivity index (χ4v) is 3.58. The molecule has 1 aliphatic carbocycles. The van der Waals surface area contributed by atoms with Gasteiger partial charge in [0.05, 0.1) is 7.11 Å². The number of aromatic hydroxyl groups is 1. The van der Waals surface area contributed by atoms with Gasteiger partial charge in [-0.2, -0.15) is 0 Å². The molecule has 0 saturated carbocycles. The Bertz CT molecular complexity index is 725. The van der Waals surface area contributed by atoms with Crippen molar-refractivity contribution in [1.29, 1.82) is 0 Å². The Labute approximate surface area is 122 Å². The van der Waals surface area contributed by atoms with E-state index in [2.05, 4.69) is 0 Å². The number of phenolic OH excluding ortho intramolecular Hbond substituents is 1. The summed E-state index contributed by atoms with van der Waals surface area (Å²) < 4.78 is 10.9. The van der Waals surface area contributed by atoms with Crippen molar-refractivity contribution in [2.45, 2.75) is 17.9 Å². The third kappa shape index (κ3) is 1.66. The molecular formula is C17H16O4. The first-order valence-electron chi connectivity index (χ1n) is 6.96. The topological polar surface area (TPSA) is 58.9 Å². The maximum absolute atomic E-state index is 11.0. The second-order valence-corrected chi connectivity index (χ2v) is 5.76. The lowest BCUT2D eigenvalue weighted by Gasteiger charge is -2.36. The molecular weight excluding hydrogens is 268 g/mol. The summed E-state index contributed by atoms with van der Waals surface area (Å²) in [4.78, 5) is 0. The van der Waals surface area contributed by atoms with Crippen molar-refractivity contribution in [1.82, 2.24) is 0 Å². The van der Waals surface area contributed by atoms with Crippen LogP contribution in [0.1, 0.15) is 22.6 Å². The fraction of sp³-hybridized carbons (Fsp3) is 0.294. The standard InChI is InChI=1S/C17H16O4/c1-20-15-6-10-8-17(19)9-21-14-5-3-2-4-11(14)16(17)12(10)7-13(15)18/h2-7,16,18-19H,8-9H2,1H3. The van der Waals surface area contributed by atoms with Gasteiger partial charge in [0, 0.05) is 17.9 Å². The van der Waals surface area contributed by atoms with E-state index in [0.717, 1.165) is 22.4 Å². The molecule has 2 aliphatic rings. The lowest BCUT2D eigenvalue weighted by Crippen LogP contribution is -2.43. The molecule has 0 bridgehead atoms. The van der Waals surface area contributed by atoms with Crippen molar-refractivity contribution in [3.05, 3.63) is 53.1 Å². The smallest absolute Gasteiger partial charge is 0.160 e. The molecule has 2 unspecified atom stereocenters. The summed E-state index contributed by atoms with van der Waals surface area (Å²) in [6.07, 6.45) is 0.498. The molecule has 4 rings (SSSR count). The van der Waals surface area contributed by atoms with E-state index in [0.29, 0.717) is 12.2 Å². The maximum atomic E-state index is 11.0. The van der Waals surface area contributed by atoms with Gasteiger partial charge in [-0.3, -0.25) is 0 Å². The molecule has 0 radical (unpaired) electrons. The molecule has 1 aliphatic heterocycles. The molecule has 108 valence electrons. The van der Waals surface area contributed by atoms with Crippen LogP contribution in [0.15, 0.2) is 36.4 Å². The van der Waals surface area contributed by atoms with E-state index < -0.39 is 5.60 Å². The van der Waals surface area contributed by atoms with E-state index in [9.17, 15) is 10.2 Å². The van der Waals surface area contributed by atoms with E-state index in [1.807, 2.05) is 30.3 Å². The molecule has 21 heavy (non-hydrogen) atoms. The molecule has 4 nitrogen and oxygen atoms in total. The molecule has 1 heterocycles. The van der Waals surface area contributed by atoms with Gasteiger partial charge in [-0.15, -0.1) is 0 Å². The lowest BCUT2D eigenvalue weighted by atomic mass is 9.80. The summed E-state index contributed by atoms with van der Waals surface area (Å²) in [5.41, 5.74) is 1.95. The molecule has 0 fully saturated rings. The predicted molar refractivity (Wildman–Crippen MR) is 77.1 cm³/mol. The summed E-state index contributed by atoms with van der Waals surface area (Å²) >= 11 is 0. The van der Waals surface area contributed by atoms with E-state index in [4.69, 9.17) is 9.47 Å². The van der Waals surface area contributed by atoms with Crippen LogP contribution < -0.4 is 9.47 Å². The number of benzene rings is 2. The molecule has 2 N–H and O–H groups in total. The molecule has 0 amide bonds. The first-order chi connectivity index (χ1) is 10.1. The summed E-state index contributed by atoms with van der Waals surface area (Å²) in [6.45, 7) is 0.256. The average molecular weight is 284 g/mol. The van der Waals surface area contributed by atoms with Gasteiger partial charge in [0.25, 0.3) is 0 Å². The highest BCUT2D eigenvalue weighted by atomic mass is 16.5. The Morgan fingerprint density at radius 2 is 2.05 bits per heavy atom. The van der Waals surface area contributed by atoms with Gasteiger partial charge in [0.2, 0.25) is 0 Å². The van der Waals surface area contributed by atoms with Crippen molar-refractivity contribution in [3.8, 4) is 17.2 Å². The fourth-order valence-electron chi connectivity index (χ4n) is 3.58. The lowest BCUT2D eigenvalue weighted by molar-refractivity contribution is -0.0217. The Kier molecular flexibility index (Phi) is 2.48. The van der Waals surface area contributed by atoms with Crippen molar-refractivity contribution >= 4 is 0 Å². The number of para-hydroxylation sites is 1. The molecule has 0 saturated heterocycles. The van der Waals surface area contributed by atoms with Gasteiger partial charge < -0.3 is 19.7 Å². The van der Waals surface area contributed by atoms with Gasteiger partial charge in [-0.25, -0.2) is 0 Å². The Hall–Kier alpha value is -2.20. The van der Waals surface area contributed by atoms with Crippen LogP contribution in [0.25, 0.3) is 0 Å². The predicted octanol–water partition coefficient (Wildman–Crippen LogP) is 2.21. The van der Waals surface area contributed by atoms with Gasteiger partial charge in [-0.05, 0) is 29.3 Å². The minimum Gasteiger partial charge on any atom is -0.504 e. The number of ether oxygens (including phenoxy) is 2. The van der Waals surface area contributed by atoms with Gasteiger partial charge in [0.15, 0.2) is 11.5 Å². The van der Waals surface area contributed by atoms with E-state index in [1.54, 1.807) is 6.07 Å². The number of rotatable bonds is 1. The molecule has 2 aromatic carbocycles. The van der Waals surface area contributed by atoms with Crippen LogP contribution in [-0.2, 0) is 6.42 Å². The average Bonchev–Trinajstić information content (AvgIpc) is 2.78. The summed E-state index contributed by atoms with van der Waals surface area (Å²) in [7, 11) is 1.52. The van der Waals surface area contributed by atoms with Crippen molar-refractivity contribution in [2.24, 2.45) is 0 Å². The van der Waals surface area contributed by atoms with Crippen LogP contribution in [0.3, 0.4) is 0 Å². The first kappa shape index (κ1) is 12.5. The van der Waals surface area contributed by atoms with E-state index >= 15 is 0 Å². The number of hydrogen-bond acceptors (Lipinski definition) is 4. The first-order valence-corrected chi connectivity index (χ1v) is 6.96. The van der Waals surface area contributed by atoms with Crippen LogP contribution in [0, 0.1) is 0 Å². The second-order valence-electron chi connectivity index (χ2n) is 5.76. The number of phenols is 1.